The standard InChI is InChI=1S/C11H23BNO/c1-9(2)13(10(3)4)12-8-7-11(5,6)14/h7-10,14H,1-6H3/b8-7+. The molecule has 0 fully saturated rings. The molecule has 2 nitrogen and oxygen atoms in total. The minimum Gasteiger partial charge on any atom is -0.386 e. The van der Waals surface area contributed by atoms with Gasteiger partial charge in [0.15, 0.2) is 0 Å². The van der Waals surface area contributed by atoms with Gasteiger partial charge in [0.25, 0.3) is 0 Å². The molecule has 3 heteroatoms. The van der Waals surface area contributed by atoms with Gasteiger partial charge in [-0.25, -0.2) is 0 Å². The van der Waals surface area contributed by atoms with Crippen LogP contribution in [0.1, 0.15) is 41.5 Å². The molecule has 0 aliphatic heterocycles. The molecular formula is C11H23BNO. The molecule has 14 heavy (non-hydrogen) atoms. The Morgan fingerprint density at radius 3 is 1.86 bits per heavy atom. The molecule has 1 radical (unpaired) electrons. The quantitative estimate of drug-likeness (QED) is 0.680. The monoisotopic (exact) mass is 196 g/mol. The van der Waals surface area contributed by atoms with Crippen LogP contribution in [0.3, 0.4) is 0 Å². The molecule has 0 aromatic heterocycles. The topological polar surface area (TPSA) is 23.5 Å². The van der Waals surface area contributed by atoms with Gasteiger partial charge in [0, 0.05) is 0 Å². The van der Waals surface area contributed by atoms with Crippen LogP contribution in [0, 0.1) is 0 Å². The van der Waals surface area contributed by atoms with E-state index < -0.39 is 5.60 Å². The molecule has 0 bridgehead atoms. The lowest BCUT2D eigenvalue weighted by Gasteiger charge is -2.29. The summed E-state index contributed by atoms with van der Waals surface area (Å²) in [6, 6.07) is 0.975. The van der Waals surface area contributed by atoms with Crippen LogP contribution in [0.4, 0.5) is 0 Å². The van der Waals surface area contributed by atoms with Crippen molar-refractivity contribution in [2.45, 2.75) is 59.2 Å². The first kappa shape index (κ1) is 13.7. The largest absolute Gasteiger partial charge is 0.386 e. The fraction of sp³-hybridized carbons (Fsp3) is 0.818. The molecule has 0 spiro atoms. The number of rotatable bonds is 5. The Morgan fingerprint density at radius 2 is 1.57 bits per heavy atom. The summed E-state index contributed by atoms with van der Waals surface area (Å²) in [6.45, 7) is 12.2. The highest BCUT2D eigenvalue weighted by molar-refractivity contribution is 6.39. The normalized spacial score (nSPS) is 13.6. The molecule has 0 unspecified atom stereocenters. The van der Waals surface area contributed by atoms with E-state index in [2.05, 4.69) is 32.5 Å². The predicted molar refractivity (Wildman–Crippen MR) is 63.3 cm³/mol. The summed E-state index contributed by atoms with van der Waals surface area (Å²) in [6.07, 6.45) is 1.80. The average Bonchev–Trinajstić information content (AvgIpc) is 1.94. The summed E-state index contributed by atoms with van der Waals surface area (Å²) in [5.41, 5.74) is -0.726. The zero-order valence-corrected chi connectivity index (χ0v) is 10.3. The van der Waals surface area contributed by atoms with Crippen LogP contribution in [-0.4, -0.2) is 35.0 Å². The third-order valence-corrected chi connectivity index (χ3v) is 1.95. The Bertz CT molecular complexity index is 174. The Balaban J connectivity index is 4.14. The number of nitrogens with zero attached hydrogens (tertiary/aromatic N) is 1. The summed E-state index contributed by atoms with van der Waals surface area (Å²) in [5.74, 6) is 1.92. The van der Waals surface area contributed by atoms with Gasteiger partial charge >= 0.3 is 0 Å². The van der Waals surface area contributed by atoms with E-state index >= 15 is 0 Å². The molecule has 0 rings (SSSR count). The van der Waals surface area contributed by atoms with Gasteiger partial charge in [0.1, 0.15) is 0 Å². The molecule has 0 saturated heterocycles. The highest BCUT2D eigenvalue weighted by Crippen LogP contribution is 2.05. The van der Waals surface area contributed by atoms with E-state index in [1.807, 2.05) is 13.4 Å². The molecular weight excluding hydrogens is 173 g/mol. The summed E-state index contributed by atoms with van der Waals surface area (Å²) >= 11 is 0. The molecule has 81 valence electrons. The molecule has 1 N–H and O–H groups in total. The molecule has 0 aromatic carbocycles. The van der Waals surface area contributed by atoms with Gasteiger partial charge in [-0.05, 0) is 25.9 Å². The van der Waals surface area contributed by atoms with Crippen LogP contribution in [-0.2, 0) is 0 Å². The van der Waals surface area contributed by atoms with Gasteiger partial charge in [-0.1, -0.05) is 33.8 Å². The summed E-state index contributed by atoms with van der Waals surface area (Å²) < 4.78 is 0. The van der Waals surface area contributed by atoms with E-state index in [0.29, 0.717) is 12.1 Å². The van der Waals surface area contributed by atoms with Crippen molar-refractivity contribution in [2.24, 2.45) is 0 Å². The Hall–Kier alpha value is -0.275. The van der Waals surface area contributed by atoms with Crippen LogP contribution in [0.2, 0.25) is 0 Å². The maximum atomic E-state index is 9.48. The maximum Gasteiger partial charge on any atom is 0.239 e. The number of hydrogen-bond donors (Lipinski definition) is 1. The Morgan fingerprint density at radius 1 is 1.14 bits per heavy atom. The van der Waals surface area contributed by atoms with Gasteiger partial charge in [-0.3, -0.25) is 0 Å². The van der Waals surface area contributed by atoms with Gasteiger partial charge in [0.05, 0.1) is 5.60 Å². The van der Waals surface area contributed by atoms with E-state index in [1.165, 1.54) is 0 Å². The molecule has 0 amide bonds. The third kappa shape index (κ3) is 6.22. The maximum absolute atomic E-state index is 9.48. The molecule has 0 aliphatic carbocycles. The average molecular weight is 196 g/mol. The van der Waals surface area contributed by atoms with Gasteiger partial charge in [0.2, 0.25) is 7.41 Å². The second-order valence-corrected chi connectivity index (χ2v) is 4.80. The zero-order valence-electron chi connectivity index (χ0n) is 10.3. The van der Waals surface area contributed by atoms with E-state index in [1.54, 1.807) is 19.9 Å². The predicted octanol–water partition coefficient (Wildman–Crippen LogP) is 2.01. The first-order valence-corrected chi connectivity index (χ1v) is 5.26. The molecule has 0 saturated carbocycles. The Labute approximate surface area is 89.3 Å². The highest BCUT2D eigenvalue weighted by atomic mass is 16.3. The van der Waals surface area contributed by atoms with Gasteiger partial charge in [-0.2, -0.15) is 0 Å². The fourth-order valence-electron chi connectivity index (χ4n) is 1.32. The molecule has 0 atom stereocenters. The molecule has 0 aromatic rings. The van der Waals surface area contributed by atoms with Crippen molar-refractivity contribution < 1.29 is 5.11 Å². The van der Waals surface area contributed by atoms with Crippen molar-refractivity contribution in [3.8, 4) is 0 Å². The summed E-state index contributed by atoms with van der Waals surface area (Å²) in [7, 11) is 2.04. The van der Waals surface area contributed by atoms with Crippen LogP contribution >= 0.6 is 0 Å². The van der Waals surface area contributed by atoms with Gasteiger partial charge < -0.3 is 9.92 Å². The van der Waals surface area contributed by atoms with E-state index in [0.717, 1.165) is 0 Å². The van der Waals surface area contributed by atoms with Crippen molar-refractivity contribution in [1.29, 1.82) is 0 Å². The first-order chi connectivity index (χ1) is 6.24. The highest BCUT2D eigenvalue weighted by Gasteiger charge is 2.13. The van der Waals surface area contributed by atoms with Crippen molar-refractivity contribution in [3.05, 3.63) is 12.1 Å². The first-order valence-electron chi connectivity index (χ1n) is 5.26. The minimum atomic E-state index is -0.726. The SMILES string of the molecule is CC(C)N([B]/C=C/C(C)(C)O)C(C)C. The van der Waals surface area contributed by atoms with Crippen LogP contribution in [0.15, 0.2) is 12.1 Å². The van der Waals surface area contributed by atoms with E-state index in [4.69, 9.17) is 0 Å². The lowest BCUT2D eigenvalue weighted by molar-refractivity contribution is 0.133. The Kier molecular flexibility index (Phi) is 5.46. The number of hydrogen-bond acceptors (Lipinski definition) is 2. The van der Waals surface area contributed by atoms with Crippen molar-refractivity contribution in [1.82, 2.24) is 4.81 Å². The van der Waals surface area contributed by atoms with Crippen LogP contribution < -0.4 is 0 Å². The van der Waals surface area contributed by atoms with E-state index in [-0.39, 0.29) is 0 Å². The smallest absolute Gasteiger partial charge is 0.239 e. The molecule has 0 heterocycles. The lowest BCUT2D eigenvalue weighted by Crippen LogP contribution is -2.39. The van der Waals surface area contributed by atoms with Crippen LogP contribution in [0.5, 0.6) is 0 Å². The van der Waals surface area contributed by atoms with Crippen LogP contribution in [0.25, 0.3) is 0 Å². The summed E-state index contributed by atoms with van der Waals surface area (Å²) in [5, 5.41) is 9.48. The fourth-order valence-corrected chi connectivity index (χ4v) is 1.32. The summed E-state index contributed by atoms with van der Waals surface area (Å²) in [4.78, 5) is 2.25. The second kappa shape index (κ2) is 5.57. The molecule has 0 aliphatic rings. The van der Waals surface area contributed by atoms with E-state index in [9.17, 15) is 5.11 Å². The van der Waals surface area contributed by atoms with Crippen molar-refractivity contribution >= 4 is 7.41 Å². The lowest BCUT2D eigenvalue weighted by atomic mass is 9.85. The zero-order chi connectivity index (χ0) is 11.4. The van der Waals surface area contributed by atoms with Crippen molar-refractivity contribution in [3.63, 3.8) is 0 Å². The van der Waals surface area contributed by atoms with Gasteiger partial charge in [-0.15, -0.1) is 5.98 Å². The third-order valence-electron chi connectivity index (χ3n) is 1.95. The van der Waals surface area contributed by atoms with Crippen molar-refractivity contribution in [2.75, 3.05) is 0 Å². The minimum absolute atomic E-state index is 0.487. The second-order valence-electron chi connectivity index (χ2n) is 4.80. The number of aliphatic hydroxyl groups is 1.